The van der Waals surface area contributed by atoms with Crippen molar-refractivity contribution < 1.29 is 13.3 Å². The summed E-state index contributed by atoms with van der Waals surface area (Å²) in [6.45, 7) is 0. The molecule has 0 aliphatic heterocycles. The molecule has 0 amide bonds. The molecule has 156 valence electrons. The first-order chi connectivity index (χ1) is 15.6. The first kappa shape index (κ1) is 19.9. The van der Waals surface area contributed by atoms with Gasteiger partial charge in [0.2, 0.25) is 5.52 Å². The summed E-state index contributed by atoms with van der Waals surface area (Å²) in [5.41, 5.74) is 3.29. The van der Waals surface area contributed by atoms with Crippen molar-refractivity contribution in [3.8, 4) is 16.9 Å². The van der Waals surface area contributed by atoms with Crippen LogP contribution in [0.1, 0.15) is 0 Å². The van der Waals surface area contributed by atoms with E-state index in [9.17, 15) is 8.76 Å². The van der Waals surface area contributed by atoms with Crippen LogP contribution in [0.5, 0.6) is 0 Å². The van der Waals surface area contributed by atoms with Crippen molar-refractivity contribution in [1.82, 2.24) is 15.0 Å². The first-order valence-corrected chi connectivity index (χ1v) is 11.3. The number of hydrogen-bond acceptors (Lipinski definition) is 5. The standard InChI is InChI=1S/C24H17N5O2S/c30-32(31,20-6-2-1-3-7-20)28-23-24(27-22-9-5-4-8-21(22)26-23)29-16-12-19(13-17-29)18-10-14-25-15-11-18/h1-17H/p+1. The highest BCUT2D eigenvalue weighted by Crippen LogP contribution is 2.24. The maximum absolute atomic E-state index is 13.0. The number of benzene rings is 2. The van der Waals surface area contributed by atoms with E-state index in [-0.39, 0.29) is 10.7 Å². The highest BCUT2D eigenvalue weighted by atomic mass is 32.2. The monoisotopic (exact) mass is 440 g/mol. The Labute approximate surface area is 185 Å². The lowest BCUT2D eigenvalue weighted by Gasteiger charge is -2.05. The van der Waals surface area contributed by atoms with Crippen LogP contribution in [0.4, 0.5) is 5.82 Å². The van der Waals surface area contributed by atoms with E-state index in [0.717, 1.165) is 11.1 Å². The number of hydrogen-bond donors (Lipinski definition) is 1. The number of rotatable bonds is 4. The van der Waals surface area contributed by atoms with Crippen LogP contribution in [-0.2, 0) is 10.0 Å². The van der Waals surface area contributed by atoms with Gasteiger partial charge in [0, 0.05) is 12.4 Å². The van der Waals surface area contributed by atoms with Crippen molar-refractivity contribution in [2.24, 2.45) is 4.36 Å². The predicted molar refractivity (Wildman–Crippen MR) is 122 cm³/mol. The van der Waals surface area contributed by atoms with E-state index in [1.54, 1.807) is 53.4 Å². The van der Waals surface area contributed by atoms with Crippen LogP contribution in [0.3, 0.4) is 0 Å². The molecule has 5 aromatic rings. The van der Waals surface area contributed by atoms with E-state index in [1.807, 2.05) is 54.9 Å². The third-order valence-electron chi connectivity index (χ3n) is 4.88. The Balaban J connectivity index is 1.67. The summed E-state index contributed by atoms with van der Waals surface area (Å²) < 4.78 is 29.6. The van der Waals surface area contributed by atoms with Gasteiger partial charge in [-0.05, 0) is 64.6 Å². The molecule has 0 aliphatic rings. The zero-order chi connectivity index (χ0) is 22.0. The van der Waals surface area contributed by atoms with Crippen LogP contribution in [0.25, 0.3) is 28.0 Å². The van der Waals surface area contributed by atoms with Gasteiger partial charge in [-0.15, -0.1) is 4.36 Å². The smallest absolute Gasteiger partial charge is 0.296 e. The zero-order valence-electron chi connectivity index (χ0n) is 16.8. The molecule has 1 N–H and O–H groups in total. The quantitative estimate of drug-likeness (QED) is 0.412. The van der Waals surface area contributed by atoms with E-state index >= 15 is 0 Å². The highest BCUT2D eigenvalue weighted by Gasteiger charge is 2.22. The SMILES string of the molecule is O=S(O)(=Nc1nc2ccccc2nc1-[n+]1ccc(-c2ccncc2)cc1)c1ccccc1. The zero-order valence-corrected chi connectivity index (χ0v) is 17.6. The van der Waals surface area contributed by atoms with Crippen molar-refractivity contribution in [2.75, 3.05) is 0 Å². The molecule has 0 spiro atoms. The van der Waals surface area contributed by atoms with E-state index in [4.69, 9.17) is 0 Å². The van der Waals surface area contributed by atoms with Gasteiger partial charge in [-0.2, -0.15) is 4.57 Å². The van der Waals surface area contributed by atoms with Gasteiger partial charge in [-0.1, -0.05) is 30.3 Å². The van der Waals surface area contributed by atoms with Gasteiger partial charge in [-0.3, -0.25) is 9.54 Å². The molecule has 0 saturated heterocycles. The van der Waals surface area contributed by atoms with Gasteiger partial charge in [0.15, 0.2) is 10.0 Å². The molecular formula is C24H18N5O2S+. The van der Waals surface area contributed by atoms with Gasteiger partial charge >= 0.3 is 5.82 Å². The molecule has 1 atom stereocenters. The summed E-state index contributed by atoms with van der Waals surface area (Å²) in [7, 11) is -3.71. The molecule has 2 aromatic carbocycles. The molecule has 0 aliphatic carbocycles. The summed E-state index contributed by atoms with van der Waals surface area (Å²) in [5, 5.41) is 0. The third-order valence-corrected chi connectivity index (χ3v) is 6.19. The number of para-hydroxylation sites is 2. The number of nitrogens with zero attached hydrogens (tertiary/aromatic N) is 5. The Morgan fingerprint density at radius 1 is 0.750 bits per heavy atom. The van der Waals surface area contributed by atoms with Gasteiger partial charge < -0.3 is 0 Å². The topological polar surface area (TPSA) is 92.2 Å². The lowest BCUT2D eigenvalue weighted by molar-refractivity contribution is -0.598. The van der Waals surface area contributed by atoms with Crippen molar-refractivity contribution >= 4 is 26.9 Å². The molecule has 0 saturated carbocycles. The summed E-state index contributed by atoms with van der Waals surface area (Å²) >= 11 is 0. The van der Waals surface area contributed by atoms with Gasteiger partial charge in [-0.25, -0.2) is 9.19 Å². The van der Waals surface area contributed by atoms with Crippen LogP contribution in [0.15, 0.2) is 113 Å². The van der Waals surface area contributed by atoms with Crippen molar-refractivity contribution in [2.45, 2.75) is 4.90 Å². The van der Waals surface area contributed by atoms with Crippen molar-refractivity contribution in [3.05, 3.63) is 104 Å². The maximum atomic E-state index is 13.0. The normalized spacial score (nSPS) is 12.9. The summed E-state index contributed by atoms with van der Waals surface area (Å²) in [6, 6.07) is 23.4. The largest absolute Gasteiger partial charge is 0.374 e. The minimum absolute atomic E-state index is 0.0849. The molecule has 0 fully saturated rings. The van der Waals surface area contributed by atoms with Gasteiger partial charge in [0.1, 0.15) is 5.52 Å². The van der Waals surface area contributed by atoms with E-state index in [0.29, 0.717) is 16.9 Å². The Kier molecular flexibility index (Phi) is 5.14. The fraction of sp³-hybridized carbons (Fsp3) is 0. The number of pyridine rings is 2. The molecule has 5 rings (SSSR count). The number of fused-ring (bicyclic) bond motifs is 1. The molecule has 3 aromatic heterocycles. The lowest BCUT2D eigenvalue weighted by atomic mass is 10.1. The fourth-order valence-electron chi connectivity index (χ4n) is 3.29. The number of aromatic nitrogens is 4. The second-order valence-corrected chi connectivity index (χ2v) is 8.64. The molecule has 0 radical (unpaired) electrons. The van der Waals surface area contributed by atoms with Crippen LogP contribution in [0, 0.1) is 0 Å². The Morgan fingerprint density at radius 3 is 2.03 bits per heavy atom. The van der Waals surface area contributed by atoms with E-state index in [1.165, 1.54) is 0 Å². The Hall–Kier alpha value is -4.01. The molecule has 32 heavy (non-hydrogen) atoms. The van der Waals surface area contributed by atoms with Crippen LogP contribution in [-0.4, -0.2) is 23.7 Å². The second kappa shape index (κ2) is 8.26. The van der Waals surface area contributed by atoms with E-state index in [2.05, 4.69) is 19.3 Å². The predicted octanol–water partition coefficient (Wildman–Crippen LogP) is 4.60. The average molecular weight is 441 g/mol. The highest BCUT2D eigenvalue weighted by molar-refractivity contribution is 7.88. The molecule has 0 bridgehead atoms. The van der Waals surface area contributed by atoms with Crippen molar-refractivity contribution in [3.63, 3.8) is 0 Å². The Bertz CT molecular complexity index is 1520. The molecule has 7 nitrogen and oxygen atoms in total. The Morgan fingerprint density at radius 2 is 1.34 bits per heavy atom. The summed E-state index contributed by atoms with van der Waals surface area (Å²) in [5.74, 6) is 0.449. The molecule has 8 heteroatoms. The van der Waals surface area contributed by atoms with Crippen LogP contribution >= 0.6 is 0 Å². The molecular weight excluding hydrogens is 422 g/mol. The fourth-order valence-corrected chi connectivity index (χ4v) is 4.26. The van der Waals surface area contributed by atoms with Crippen molar-refractivity contribution in [1.29, 1.82) is 0 Å². The average Bonchev–Trinajstić information content (AvgIpc) is 2.85. The third kappa shape index (κ3) is 3.96. The minimum Gasteiger partial charge on any atom is -0.296 e. The summed E-state index contributed by atoms with van der Waals surface area (Å²) in [6.07, 6.45) is 7.14. The van der Waals surface area contributed by atoms with Crippen LogP contribution < -0.4 is 4.57 Å². The molecule has 3 heterocycles. The van der Waals surface area contributed by atoms with Gasteiger partial charge in [0.05, 0.1) is 17.3 Å². The first-order valence-electron chi connectivity index (χ1n) is 9.84. The van der Waals surface area contributed by atoms with E-state index < -0.39 is 10.0 Å². The summed E-state index contributed by atoms with van der Waals surface area (Å²) in [4.78, 5) is 13.5. The lowest BCUT2D eigenvalue weighted by Crippen LogP contribution is -2.31. The maximum Gasteiger partial charge on any atom is 0.374 e. The minimum atomic E-state index is -3.71. The van der Waals surface area contributed by atoms with Gasteiger partial charge in [0.25, 0.3) is 5.82 Å². The van der Waals surface area contributed by atoms with Crippen LogP contribution in [0.2, 0.25) is 0 Å². The molecule has 1 unspecified atom stereocenters. The second-order valence-electron chi connectivity index (χ2n) is 6.99.